The minimum Gasteiger partial charge on any atom is -0.352 e. The van der Waals surface area contributed by atoms with Crippen molar-refractivity contribution in [1.29, 1.82) is 0 Å². The second-order valence-electron chi connectivity index (χ2n) is 7.33. The molecule has 7 heteroatoms. The highest BCUT2D eigenvalue weighted by atomic mass is 16.2. The first kappa shape index (κ1) is 21.1. The minimum atomic E-state index is -0.313. The van der Waals surface area contributed by atoms with Crippen molar-refractivity contribution in [2.45, 2.75) is 40.3 Å². The Morgan fingerprint density at radius 2 is 1.63 bits per heavy atom. The van der Waals surface area contributed by atoms with E-state index in [0.29, 0.717) is 25.2 Å². The lowest BCUT2D eigenvalue weighted by atomic mass is 10.2. The van der Waals surface area contributed by atoms with Gasteiger partial charge in [-0.05, 0) is 62.2 Å². The lowest BCUT2D eigenvalue weighted by molar-refractivity contribution is -0.121. The largest absolute Gasteiger partial charge is 0.352 e. The molecule has 0 aliphatic carbocycles. The zero-order chi connectivity index (χ0) is 21.5. The summed E-state index contributed by atoms with van der Waals surface area (Å²) in [6.45, 7) is 6.83. The molecule has 1 aromatic heterocycles. The molecule has 0 aliphatic rings. The third-order valence-electron chi connectivity index (χ3n) is 4.60. The average molecular weight is 406 g/mol. The summed E-state index contributed by atoms with van der Waals surface area (Å²) in [5, 5.41) is 12.9. The average Bonchev–Trinajstić information content (AvgIpc) is 3.02. The van der Waals surface area contributed by atoms with Gasteiger partial charge in [-0.1, -0.05) is 24.3 Å². The van der Waals surface area contributed by atoms with Crippen molar-refractivity contribution in [2.24, 2.45) is 0 Å². The molecule has 0 saturated heterocycles. The fraction of sp³-hybridized carbons (Fsp3) is 0.261. The molecule has 0 aliphatic heterocycles. The quantitative estimate of drug-likeness (QED) is 0.551. The Labute approximate surface area is 176 Å². The molecular formula is C23H27N5O2. The van der Waals surface area contributed by atoms with Crippen molar-refractivity contribution in [2.75, 3.05) is 10.6 Å². The van der Waals surface area contributed by atoms with E-state index in [1.165, 1.54) is 0 Å². The zero-order valence-corrected chi connectivity index (χ0v) is 17.5. The normalized spacial score (nSPS) is 10.5. The number of rotatable bonds is 7. The summed E-state index contributed by atoms with van der Waals surface area (Å²) in [7, 11) is 0. The summed E-state index contributed by atoms with van der Waals surface area (Å²) in [4.78, 5) is 24.4. The molecule has 0 bridgehead atoms. The Kier molecular flexibility index (Phi) is 6.85. The van der Waals surface area contributed by atoms with Gasteiger partial charge in [0.1, 0.15) is 0 Å². The Balaban J connectivity index is 1.48. The van der Waals surface area contributed by atoms with Gasteiger partial charge in [0.2, 0.25) is 5.91 Å². The molecule has 0 atom stereocenters. The van der Waals surface area contributed by atoms with Crippen LogP contribution in [-0.4, -0.2) is 21.7 Å². The fourth-order valence-corrected chi connectivity index (χ4v) is 3.17. The molecule has 2 aromatic carbocycles. The first-order valence-corrected chi connectivity index (χ1v) is 9.90. The van der Waals surface area contributed by atoms with Gasteiger partial charge in [0.05, 0.1) is 5.69 Å². The van der Waals surface area contributed by atoms with E-state index in [1.54, 1.807) is 0 Å². The van der Waals surface area contributed by atoms with E-state index in [9.17, 15) is 9.59 Å². The molecule has 156 valence electrons. The van der Waals surface area contributed by atoms with Crippen LogP contribution in [-0.2, 0) is 17.9 Å². The number of amides is 3. The van der Waals surface area contributed by atoms with Crippen molar-refractivity contribution in [3.05, 3.63) is 77.1 Å². The van der Waals surface area contributed by atoms with Crippen LogP contribution < -0.4 is 16.0 Å². The predicted molar refractivity (Wildman–Crippen MR) is 118 cm³/mol. The van der Waals surface area contributed by atoms with E-state index in [-0.39, 0.29) is 11.9 Å². The minimum absolute atomic E-state index is 0.0434. The standard InChI is InChI=1S/C23H27N5O2/c1-16-6-4-8-20(12-16)25-23(30)26-21-9-5-7-19(14-21)15-24-22(29)10-11-28-18(3)13-17(2)27-28/h4-9,12-14H,10-11,15H2,1-3H3,(H,24,29)(H2,25,26,30). The number of hydrogen-bond donors (Lipinski definition) is 3. The molecule has 30 heavy (non-hydrogen) atoms. The maximum atomic E-state index is 12.2. The lowest BCUT2D eigenvalue weighted by Crippen LogP contribution is -2.24. The van der Waals surface area contributed by atoms with E-state index in [0.717, 1.165) is 28.2 Å². The molecule has 1 heterocycles. The molecule has 3 N–H and O–H groups in total. The summed E-state index contributed by atoms with van der Waals surface area (Å²) in [5.41, 5.74) is 5.37. The molecule has 0 spiro atoms. The smallest absolute Gasteiger partial charge is 0.323 e. The molecular weight excluding hydrogens is 378 g/mol. The van der Waals surface area contributed by atoms with Crippen molar-refractivity contribution >= 4 is 23.3 Å². The van der Waals surface area contributed by atoms with E-state index in [2.05, 4.69) is 21.0 Å². The van der Waals surface area contributed by atoms with Gasteiger partial charge in [-0.15, -0.1) is 0 Å². The van der Waals surface area contributed by atoms with Crippen LogP contribution in [0.25, 0.3) is 0 Å². The molecule has 0 radical (unpaired) electrons. The second kappa shape index (κ2) is 9.73. The van der Waals surface area contributed by atoms with E-state index < -0.39 is 0 Å². The van der Waals surface area contributed by atoms with Crippen LogP contribution in [0.2, 0.25) is 0 Å². The van der Waals surface area contributed by atoms with Gasteiger partial charge in [-0.2, -0.15) is 5.10 Å². The molecule has 0 fully saturated rings. The van der Waals surface area contributed by atoms with E-state index >= 15 is 0 Å². The monoisotopic (exact) mass is 405 g/mol. The van der Waals surface area contributed by atoms with Crippen LogP contribution in [0.5, 0.6) is 0 Å². The van der Waals surface area contributed by atoms with Crippen LogP contribution in [0.15, 0.2) is 54.6 Å². The number of hydrogen-bond acceptors (Lipinski definition) is 3. The summed E-state index contributed by atoms with van der Waals surface area (Å²) in [6.07, 6.45) is 0.360. The maximum Gasteiger partial charge on any atom is 0.323 e. The predicted octanol–water partition coefficient (Wildman–Crippen LogP) is 4.16. The molecule has 0 unspecified atom stereocenters. The third kappa shape index (κ3) is 6.20. The molecule has 0 saturated carbocycles. The van der Waals surface area contributed by atoms with Gasteiger partial charge in [0.25, 0.3) is 0 Å². The van der Waals surface area contributed by atoms with Gasteiger partial charge in [0.15, 0.2) is 0 Å². The summed E-state index contributed by atoms with van der Waals surface area (Å²) in [5.74, 6) is -0.0434. The van der Waals surface area contributed by atoms with Crippen LogP contribution in [0, 0.1) is 20.8 Å². The summed E-state index contributed by atoms with van der Waals surface area (Å²) >= 11 is 0. The molecule has 7 nitrogen and oxygen atoms in total. The number of urea groups is 1. The summed E-state index contributed by atoms with van der Waals surface area (Å²) in [6, 6.07) is 16.7. The number of aromatic nitrogens is 2. The number of nitrogens with one attached hydrogen (secondary N) is 3. The van der Waals surface area contributed by atoms with Crippen LogP contribution in [0.1, 0.15) is 28.9 Å². The van der Waals surface area contributed by atoms with Gasteiger partial charge < -0.3 is 16.0 Å². The highest BCUT2D eigenvalue weighted by Gasteiger charge is 2.07. The first-order valence-electron chi connectivity index (χ1n) is 9.90. The van der Waals surface area contributed by atoms with E-state index in [4.69, 9.17) is 0 Å². The van der Waals surface area contributed by atoms with Crippen LogP contribution in [0.4, 0.5) is 16.2 Å². The summed E-state index contributed by atoms with van der Waals surface area (Å²) < 4.78 is 1.84. The van der Waals surface area contributed by atoms with E-state index in [1.807, 2.05) is 80.1 Å². The Morgan fingerprint density at radius 3 is 2.30 bits per heavy atom. The Morgan fingerprint density at radius 1 is 0.933 bits per heavy atom. The lowest BCUT2D eigenvalue weighted by Gasteiger charge is -2.10. The Hall–Kier alpha value is -3.61. The maximum absolute atomic E-state index is 12.2. The first-order chi connectivity index (χ1) is 14.4. The number of benzene rings is 2. The van der Waals surface area contributed by atoms with Crippen molar-refractivity contribution in [3.8, 4) is 0 Å². The topological polar surface area (TPSA) is 88.0 Å². The molecule has 3 aromatic rings. The highest BCUT2D eigenvalue weighted by Crippen LogP contribution is 2.13. The van der Waals surface area contributed by atoms with Gasteiger partial charge in [-0.25, -0.2) is 4.79 Å². The van der Waals surface area contributed by atoms with Gasteiger partial charge in [0, 0.05) is 36.6 Å². The molecule has 3 rings (SSSR count). The Bertz CT molecular complexity index is 1040. The van der Waals surface area contributed by atoms with Gasteiger partial charge in [-0.3, -0.25) is 9.48 Å². The highest BCUT2D eigenvalue weighted by molar-refractivity contribution is 5.99. The zero-order valence-electron chi connectivity index (χ0n) is 17.5. The molecule has 3 amide bonds. The second-order valence-corrected chi connectivity index (χ2v) is 7.33. The van der Waals surface area contributed by atoms with Crippen LogP contribution in [0.3, 0.4) is 0 Å². The number of anilines is 2. The van der Waals surface area contributed by atoms with Crippen molar-refractivity contribution < 1.29 is 9.59 Å². The van der Waals surface area contributed by atoms with Crippen LogP contribution >= 0.6 is 0 Å². The van der Waals surface area contributed by atoms with Gasteiger partial charge >= 0.3 is 6.03 Å². The number of carbonyl (C=O) groups is 2. The van der Waals surface area contributed by atoms with Crippen molar-refractivity contribution in [1.82, 2.24) is 15.1 Å². The SMILES string of the molecule is Cc1cccc(NC(=O)Nc2cccc(CNC(=O)CCn3nc(C)cc3C)c2)c1. The third-order valence-corrected chi connectivity index (χ3v) is 4.60. The number of carbonyl (C=O) groups excluding carboxylic acids is 2. The number of aryl methyl sites for hydroxylation is 4. The van der Waals surface area contributed by atoms with Crippen molar-refractivity contribution in [3.63, 3.8) is 0 Å². The fourth-order valence-electron chi connectivity index (χ4n) is 3.17. The number of nitrogens with zero attached hydrogens (tertiary/aromatic N) is 2.